The zero-order valence-electron chi connectivity index (χ0n) is 7.24. The summed E-state index contributed by atoms with van der Waals surface area (Å²) in [6.45, 7) is 3.01. The van der Waals surface area contributed by atoms with Crippen LogP contribution in [-0.4, -0.2) is 10.2 Å². The van der Waals surface area contributed by atoms with Crippen LogP contribution < -0.4 is 5.73 Å². The van der Waals surface area contributed by atoms with E-state index >= 15 is 0 Å². The highest BCUT2D eigenvalue weighted by Crippen LogP contribution is 2.33. The van der Waals surface area contributed by atoms with Crippen LogP contribution in [0.4, 0.5) is 13.2 Å². The van der Waals surface area contributed by atoms with Crippen LogP contribution in [-0.2, 0) is 6.18 Å². The van der Waals surface area contributed by atoms with Gasteiger partial charge in [-0.05, 0) is 13.8 Å². The zero-order chi connectivity index (χ0) is 10.2. The van der Waals surface area contributed by atoms with Gasteiger partial charge >= 0.3 is 6.18 Å². The maximum absolute atomic E-state index is 12.3. The SMILES string of the molecule is Cc1[nH]nc(C(F)(F)F)c1C(C)N. The molecule has 0 aromatic carbocycles. The molecule has 1 aromatic heterocycles. The Hall–Kier alpha value is -1.04. The van der Waals surface area contributed by atoms with Crippen molar-refractivity contribution in [1.82, 2.24) is 10.2 Å². The Morgan fingerprint density at radius 1 is 1.46 bits per heavy atom. The van der Waals surface area contributed by atoms with Crippen molar-refractivity contribution in [3.8, 4) is 0 Å². The van der Waals surface area contributed by atoms with Crippen molar-refractivity contribution in [2.45, 2.75) is 26.1 Å². The number of aromatic nitrogens is 2. The largest absolute Gasteiger partial charge is 0.435 e. The minimum Gasteiger partial charge on any atom is -0.324 e. The van der Waals surface area contributed by atoms with Crippen LogP contribution in [0.3, 0.4) is 0 Å². The van der Waals surface area contributed by atoms with E-state index in [0.717, 1.165) is 0 Å². The molecule has 0 aliphatic heterocycles. The second kappa shape index (κ2) is 3.02. The van der Waals surface area contributed by atoms with Gasteiger partial charge in [0.05, 0.1) is 0 Å². The minimum absolute atomic E-state index is 0.0347. The lowest BCUT2D eigenvalue weighted by Crippen LogP contribution is -2.14. The molecule has 1 atom stereocenters. The number of aryl methyl sites for hydroxylation is 1. The molecule has 3 nitrogen and oxygen atoms in total. The van der Waals surface area contributed by atoms with Crippen molar-refractivity contribution >= 4 is 0 Å². The van der Waals surface area contributed by atoms with Gasteiger partial charge in [-0.25, -0.2) is 0 Å². The topological polar surface area (TPSA) is 54.7 Å². The van der Waals surface area contributed by atoms with Crippen molar-refractivity contribution in [1.29, 1.82) is 0 Å². The van der Waals surface area contributed by atoms with E-state index in [2.05, 4.69) is 10.2 Å². The first kappa shape index (κ1) is 10.0. The van der Waals surface area contributed by atoms with Crippen LogP contribution >= 0.6 is 0 Å². The van der Waals surface area contributed by atoms with Gasteiger partial charge in [-0.1, -0.05) is 0 Å². The summed E-state index contributed by atoms with van der Waals surface area (Å²) in [4.78, 5) is 0. The summed E-state index contributed by atoms with van der Waals surface area (Å²) in [5.41, 5.74) is 4.88. The first-order chi connectivity index (χ1) is 5.84. The van der Waals surface area contributed by atoms with E-state index in [-0.39, 0.29) is 5.56 Å². The lowest BCUT2D eigenvalue weighted by molar-refractivity contribution is -0.141. The third-order valence-electron chi connectivity index (χ3n) is 1.72. The number of rotatable bonds is 1. The van der Waals surface area contributed by atoms with E-state index in [0.29, 0.717) is 5.69 Å². The molecule has 1 rings (SSSR count). The first-order valence-electron chi connectivity index (χ1n) is 3.71. The lowest BCUT2D eigenvalue weighted by atomic mass is 10.1. The number of nitrogens with one attached hydrogen (secondary N) is 1. The van der Waals surface area contributed by atoms with E-state index in [1.807, 2.05) is 0 Å². The standard InChI is InChI=1S/C7H10F3N3/c1-3(11)5-4(2)12-13-6(5)7(8,9)10/h3H,11H2,1-2H3,(H,12,13). The van der Waals surface area contributed by atoms with Crippen LogP contribution in [0.5, 0.6) is 0 Å². The molecule has 0 amide bonds. The van der Waals surface area contributed by atoms with Crippen molar-refractivity contribution in [2.24, 2.45) is 5.73 Å². The normalized spacial score (nSPS) is 14.6. The van der Waals surface area contributed by atoms with Crippen LogP contribution in [0, 0.1) is 6.92 Å². The summed E-state index contributed by atoms with van der Waals surface area (Å²) in [6, 6.07) is -0.671. The summed E-state index contributed by atoms with van der Waals surface area (Å²) in [7, 11) is 0. The highest BCUT2D eigenvalue weighted by Gasteiger charge is 2.38. The zero-order valence-corrected chi connectivity index (χ0v) is 7.24. The highest BCUT2D eigenvalue weighted by molar-refractivity contribution is 5.29. The Bertz CT molecular complexity index is 300. The summed E-state index contributed by atoms with van der Waals surface area (Å²) in [5, 5.41) is 5.45. The molecule has 0 spiro atoms. The number of alkyl halides is 3. The summed E-state index contributed by atoms with van der Waals surface area (Å²) in [6.07, 6.45) is -4.44. The van der Waals surface area contributed by atoms with Gasteiger partial charge in [-0.3, -0.25) is 5.10 Å². The Labute approximate surface area is 73.1 Å². The Balaban J connectivity index is 3.23. The lowest BCUT2D eigenvalue weighted by Gasteiger charge is -2.09. The molecule has 1 aromatic rings. The van der Waals surface area contributed by atoms with Crippen molar-refractivity contribution in [3.63, 3.8) is 0 Å². The number of nitrogens with zero attached hydrogens (tertiary/aromatic N) is 1. The van der Waals surface area contributed by atoms with Crippen LogP contribution in [0.2, 0.25) is 0 Å². The maximum Gasteiger partial charge on any atom is 0.435 e. The molecule has 74 valence electrons. The smallest absolute Gasteiger partial charge is 0.324 e. The number of nitrogens with two attached hydrogens (primary N) is 1. The molecule has 1 heterocycles. The fourth-order valence-electron chi connectivity index (χ4n) is 1.21. The highest BCUT2D eigenvalue weighted by atomic mass is 19.4. The number of aromatic amines is 1. The van der Waals surface area contributed by atoms with Gasteiger partial charge in [0.25, 0.3) is 0 Å². The molecule has 0 radical (unpaired) electrons. The van der Waals surface area contributed by atoms with Gasteiger partial charge < -0.3 is 5.73 Å². The Morgan fingerprint density at radius 3 is 2.31 bits per heavy atom. The molecule has 3 N–H and O–H groups in total. The van der Waals surface area contributed by atoms with E-state index in [1.54, 1.807) is 0 Å². The monoisotopic (exact) mass is 193 g/mol. The molecular weight excluding hydrogens is 183 g/mol. The third-order valence-corrected chi connectivity index (χ3v) is 1.72. The number of hydrogen-bond donors (Lipinski definition) is 2. The predicted molar refractivity (Wildman–Crippen MR) is 40.9 cm³/mol. The fourth-order valence-corrected chi connectivity index (χ4v) is 1.21. The average Bonchev–Trinajstić information content (AvgIpc) is 2.28. The number of H-pyrrole nitrogens is 1. The van der Waals surface area contributed by atoms with E-state index < -0.39 is 17.9 Å². The second-order valence-electron chi connectivity index (χ2n) is 2.90. The molecule has 0 aliphatic rings. The Morgan fingerprint density at radius 2 is 2.00 bits per heavy atom. The molecule has 0 fully saturated rings. The van der Waals surface area contributed by atoms with Crippen LogP contribution in [0.15, 0.2) is 0 Å². The van der Waals surface area contributed by atoms with E-state index in [4.69, 9.17) is 5.73 Å². The molecule has 1 unspecified atom stereocenters. The Kier molecular flexibility index (Phi) is 2.34. The minimum atomic E-state index is -4.44. The second-order valence-corrected chi connectivity index (χ2v) is 2.90. The molecular formula is C7H10F3N3. The van der Waals surface area contributed by atoms with Gasteiger partial charge in [-0.2, -0.15) is 18.3 Å². The molecule has 0 aliphatic carbocycles. The third kappa shape index (κ3) is 1.82. The fraction of sp³-hybridized carbons (Fsp3) is 0.571. The van der Waals surface area contributed by atoms with Crippen molar-refractivity contribution in [3.05, 3.63) is 17.0 Å². The van der Waals surface area contributed by atoms with Gasteiger partial charge in [0.15, 0.2) is 5.69 Å². The van der Waals surface area contributed by atoms with Gasteiger partial charge in [0, 0.05) is 17.3 Å². The first-order valence-corrected chi connectivity index (χ1v) is 3.71. The molecule has 0 saturated carbocycles. The van der Waals surface area contributed by atoms with Crippen LogP contribution in [0.1, 0.15) is 29.9 Å². The van der Waals surface area contributed by atoms with Gasteiger partial charge in [0.1, 0.15) is 0 Å². The maximum atomic E-state index is 12.3. The van der Waals surface area contributed by atoms with E-state index in [9.17, 15) is 13.2 Å². The van der Waals surface area contributed by atoms with Gasteiger partial charge in [-0.15, -0.1) is 0 Å². The van der Waals surface area contributed by atoms with Crippen LogP contribution in [0.25, 0.3) is 0 Å². The quantitative estimate of drug-likeness (QED) is 0.713. The average molecular weight is 193 g/mol. The summed E-state index contributed by atoms with van der Waals surface area (Å²) in [5.74, 6) is 0. The van der Waals surface area contributed by atoms with Crippen molar-refractivity contribution in [2.75, 3.05) is 0 Å². The number of hydrogen-bond acceptors (Lipinski definition) is 2. The molecule has 13 heavy (non-hydrogen) atoms. The van der Waals surface area contributed by atoms with Gasteiger partial charge in [0.2, 0.25) is 0 Å². The number of halogens is 3. The summed E-state index contributed by atoms with van der Waals surface area (Å²) < 4.78 is 36.9. The van der Waals surface area contributed by atoms with E-state index in [1.165, 1.54) is 13.8 Å². The molecule has 0 bridgehead atoms. The molecule has 0 saturated heterocycles. The molecule has 6 heteroatoms. The summed E-state index contributed by atoms with van der Waals surface area (Å²) >= 11 is 0. The predicted octanol–water partition coefficient (Wildman–Crippen LogP) is 1.76. The van der Waals surface area contributed by atoms with Crippen molar-refractivity contribution < 1.29 is 13.2 Å².